The van der Waals surface area contributed by atoms with Crippen molar-refractivity contribution < 1.29 is 23.9 Å². The van der Waals surface area contributed by atoms with E-state index in [2.05, 4.69) is 17.4 Å². The van der Waals surface area contributed by atoms with E-state index in [-0.39, 0.29) is 6.61 Å². The number of nitrogens with one attached hydrogen (secondary N) is 1. The van der Waals surface area contributed by atoms with Gasteiger partial charge in [0.05, 0.1) is 12.2 Å². The molecule has 1 heterocycles. The lowest BCUT2D eigenvalue weighted by atomic mass is 9.83. The number of benzene rings is 1. The van der Waals surface area contributed by atoms with Gasteiger partial charge >= 0.3 is 11.9 Å². The molecule has 1 amide bonds. The minimum Gasteiger partial charge on any atom is -0.462 e. The number of carbonyl (C=O) groups excluding carboxylic acids is 3. The Morgan fingerprint density at radius 3 is 2.62 bits per heavy atom. The molecule has 29 heavy (non-hydrogen) atoms. The SMILES string of the molecule is CCOC(=O)c1c(NC(=O)[C@H](C)OC(C)=O)sc2c1CCC(c1ccccc1)C2. The summed E-state index contributed by atoms with van der Waals surface area (Å²) in [7, 11) is 0. The minimum atomic E-state index is -0.946. The zero-order valence-electron chi connectivity index (χ0n) is 16.8. The van der Waals surface area contributed by atoms with E-state index in [4.69, 9.17) is 9.47 Å². The molecule has 154 valence electrons. The average molecular weight is 416 g/mol. The number of hydrogen-bond donors (Lipinski definition) is 1. The number of thiophene rings is 1. The van der Waals surface area contributed by atoms with E-state index >= 15 is 0 Å². The molecule has 0 radical (unpaired) electrons. The van der Waals surface area contributed by atoms with E-state index < -0.39 is 23.9 Å². The second-order valence-corrected chi connectivity index (χ2v) is 8.12. The van der Waals surface area contributed by atoms with Crippen molar-refractivity contribution in [3.05, 3.63) is 51.9 Å². The van der Waals surface area contributed by atoms with Crippen LogP contribution in [-0.4, -0.2) is 30.6 Å². The van der Waals surface area contributed by atoms with Crippen molar-refractivity contribution in [3.63, 3.8) is 0 Å². The topological polar surface area (TPSA) is 81.7 Å². The number of ether oxygens (including phenoxy) is 2. The second kappa shape index (κ2) is 9.22. The molecule has 0 bridgehead atoms. The maximum atomic E-state index is 12.6. The van der Waals surface area contributed by atoms with Crippen molar-refractivity contribution in [2.45, 2.75) is 52.1 Å². The average Bonchev–Trinajstić information content (AvgIpc) is 3.05. The molecule has 1 aromatic carbocycles. The maximum Gasteiger partial charge on any atom is 0.341 e. The van der Waals surface area contributed by atoms with Gasteiger partial charge < -0.3 is 14.8 Å². The van der Waals surface area contributed by atoms with Crippen molar-refractivity contribution in [1.82, 2.24) is 0 Å². The first-order valence-electron chi connectivity index (χ1n) is 9.75. The van der Waals surface area contributed by atoms with E-state index in [1.54, 1.807) is 6.92 Å². The van der Waals surface area contributed by atoms with Gasteiger partial charge in [-0.25, -0.2) is 4.79 Å². The highest BCUT2D eigenvalue weighted by Crippen LogP contribution is 2.42. The van der Waals surface area contributed by atoms with Gasteiger partial charge in [0.1, 0.15) is 5.00 Å². The number of fused-ring (bicyclic) bond motifs is 1. The van der Waals surface area contributed by atoms with E-state index in [1.165, 1.54) is 30.7 Å². The van der Waals surface area contributed by atoms with Crippen LogP contribution in [0.3, 0.4) is 0 Å². The van der Waals surface area contributed by atoms with Gasteiger partial charge in [0.2, 0.25) is 0 Å². The number of hydrogen-bond acceptors (Lipinski definition) is 6. The summed E-state index contributed by atoms with van der Waals surface area (Å²) in [4.78, 5) is 37.3. The highest BCUT2D eigenvalue weighted by molar-refractivity contribution is 7.17. The van der Waals surface area contributed by atoms with Gasteiger partial charge in [-0.15, -0.1) is 11.3 Å². The Bertz CT molecular complexity index is 905. The van der Waals surface area contributed by atoms with E-state index in [0.29, 0.717) is 16.5 Å². The van der Waals surface area contributed by atoms with Crippen LogP contribution in [0.5, 0.6) is 0 Å². The summed E-state index contributed by atoms with van der Waals surface area (Å²) in [6, 6.07) is 10.3. The summed E-state index contributed by atoms with van der Waals surface area (Å²) < 4.78 is 10.2. The third kappa shape index (κ3) is 4.85. The van der Waals surface area contributed by atoms with Gasteiger partial charge in [-0.2, -0.15) is 0 Å². The van der Waals surface area contributed by atoms with Crippen molar-refractivity contribution in [3.8, 4) is 0 Å². The Kier molecular flexibility index (Phi) is 6.69. The zero-order valence-corrected chi connectivity index (χ0v) is 17.6. The Labute approximate surface area is 174 Å². The van der Waals surface area contributed by atoms with Crippen LogP contribution in [0.2, 0.25) is 0 Å². The number of esters is 2. The lowest BCUT2D eigenvalue weighted by molar-refractivity contribution is -0.150. The highest BCUT2D eigenvalue weighted by Gasteiger charge is 2.31. The van der Waals surface area contributed by atoms with E-state index in [0.717, 1.165) is 29.7 Å². The Hall–Kier alpha value is -2.67. The maximum absolute atomic E-state index is 12.6. The molecule has 0 saturated carbocycles. The first kappa shape index (κ1) is 21.0. The van der Waals surface area contributed by atoms with Gasteiger partial charge in [-0.3, -0.25) is 9.59 Å². The molecule has 0 fully saturated rings. The molecule has 1 aliphatic carbocycles. The second-order valence-electron chi connectivity index (χ2n) is 7.02. The number of anilines is 1. The fourth-order valence-corrected chi connectivity index (χ4v) is 4.94. The van der Waals surface area contributed by atoms with Crippen molar-refractivity contribution in [2.75, 3.05) is 11.9 Å². The van der Waals surface area contributed by atoms with Crippen molar-refractivity contribution in [1.29, 1.82) is 0 Å². The molecule has 7 heteroatoms. The quantitative estimate of drug-likeness (QED) is 0.719. The first-order chi connectivity index (χ1) is 13.9. The molecule has 1 aromatic heterocycles. The summed E-state index contributed by atoms with van der Waals surface area (Å²) in [5.74, 6) is -1.06. The van der Waals surface area contributed by atoms with Crippen LogP contribution in [0.1, 0.15) is 59.5 Å². The minimum absolute atomic E-state index is 0.257. The highest BCUT2D eigenvalue weighted by atomic mass is 32.1. The van der Waals surface area contributed by atoms with Gasteiger partial charge in [0, 0.05) is 11.8 Å². The summed E-state index contributed by atoms with van der Waals surface area (Å²) in [6.45, 7) is 4.76. The molecule has 0 spiro atoms. The Morgan fingerprint density at radius 1 is 1.24 bits per heavy atom. The third-order valence-corrected chi connectivity index (χ3v) is 6.13. The lowest BCUT2D eigenvalue weighted by Crippen LogP contribution is -2.29. The lowest BCUT2D eigenvalue weighted by Gasteiger charge is -2.23. The van der Waals surface area contributed by atoms with E-state index in [1.807, 2.05) is 18.2 Å². The number of rotatable bonds is 6. The molecule has 3 rings (SSSR count). The summed E-state index contributed by atoms with van der Waals surface area (Å²) in [5, 5.41) is 3.23. The van der Waals surface area contributed by atoms with Crippen LogP contribution in [0, 0.1) is 0 Å². The molecule has 1 unspecified atom stereocenters. The molecule has 1 N–H and O–H groups in total. The van der Waals surface area contributed by atoms with Gasteiger partial charge in [-0.05, 0) is 50.2 Å². The van der Waals surface area contributed by atoms with Crippen LogP contribution >= 0.6 is 11.3 Å². The van der Waals surface area contributed by atoms with Crippen LogP contribution in [0.15, 0.2) is 30.3 Å². The standard InChI is InChI=1S/C22H25NO5S/c1-4-27-22(26)19-17-11-10-16(15-8-6-5-7-9-15)12-18(17)29-21(19)23-20(25)13(2)28-14(3)24/h5-9,13,16H,4,10-12H2,1-3H3,(H,23,25)/t13-,16?/m0/s1. The normalized spacial score (nSPS) is 16.4. The predicted octanol–water partition coefficient (Wildman–Crippen LogP) is 4.09. The largest absolute Gasteiger partial charge is 0.462 e. The molecule has 2 atom stereocenters. The fourth-order valence-electron chi connectivity index (χ4n) is 3.62. The monoisotopic (exact) mass is 415 g/mol. The van der Waals surface area contributed by atoms with Crippen LogP contribution in [-0.2, 0) is 31.9 Å². The van der Waals surface area contributed by atoms with Crippen molar-refractivity contribution in [2.24, 2.45) is 0 Å². The zero-order chi connectivity index (χ0) is 21.0. The Balaban J connectivity index is 1.89. The molecule has 0 aliphatic heterocycles. The molecule has 0 saturated heterocycles. The molecule has 6 nitrogen and oxygen atoms in total. The van der Waals surface area contributed by atoms with E-state index in [9.17, 15) is 14.4 Å². The smallest absolute Gasteiger partial charge is 0.341 e. The molecule has 1 aliphatic rings. The first-order valence-corrected chi connectivity index (χ1v) is 10.6. The third-order valence-electron chi connectivity index (χ3n) is 4.96. The van der Waals surface area contributed by atoms with Gasteiger partial charge in [-0.1, -0.05) is 30.3 Å². The molecular formula is C22H25NO5S. The molecular weight excluding hydrogens is 390 g/mol. The van der Waals surface area contributed by atoms with Gasteiger partial charge in [0.25, 0.3) is 5.91 Å². The summed E-state index contributed by atoms with van der Waals surface area (Å²) in [6.07, 6.45) is 1.54. The Morgan fingerprint density at radius 2 is 1.97 bits per heavy atom. The van der Waals surface area contributed by atoms with Crippen LogP contribution in [0.4, 0.5) is 5.00 Å². The number of amides is 1. The fraction of sp³-hybridized carbons (Fsp3) is 0.409. The van der Waals surface area contributed by atoms with Crippen LogP contribution in [0.25, 0.3) is 0 Å². The van der Waals surface area contributed by atoms with Crippen LogP contribution < -0.4 is 5.32 Å². The summed E-state index contributed by atoms with van der Waals surface area (Å²) >= 11 is 1.41. The van der Waals surface area contributed by atoms with Crippen molar-refractivity contribution >= 4 is 34.2 Å². The summed E-state index contributed by atoms with van der Waals surface area (Å²) in [5.41, 5.74) is 2.66. The predicted molar refractivity (Wildman–Crippen MR) is 111 cm³/mol. The van der Waals surface area contributed by atoms with Gasteiger partial charge in [0.15, 0.2) is 6.10 Å². The molecule has 2 aromatic rings. The number of carbonyl (C=O) groups is 3.